The molecule has 2 amide bonds. The van der Waals surface area contributed by atoms with Crippen LogP contribution in [0.15, 0.2) is 42.5 Å². The molecular weight excluding hydrogens is 316 g/mol. The van der Waals surface area contributed by atoms with Crippen LogP contribution in [0, 0.1) is 0 Å². The van der Waals surface area contributed by atoms with E-state index in [9.17, 15) is 14.4 Å². The smallest absolute Gasteiger partial charge is 0.348 e. The summed E-state index contributed by atoms with van der Waals surface area (Å²) in [5, 5.41) is 0. The lowest BCUT2D eigenvalue weighted by Crippen LogP contribution is -2.33. The van der Waals surface area contributed by atoms with Gasteiger partial charge in [0.25, 0.3) is 5.91 Å². The first-order valence-corrected chi connectivity index (χ1v) is 7.68. The minimum atomic E-state index is -0.488. The number of carbonyl (C=O) groups is 3. The molecule has 120 valence electrons. The maximum Gasteiger partial charge on any atom is 0.348 e. The number of methoxy groups -OCH3 is 1. The summed E-state index contributed by atoms with van der Waals surface area (Å²) in [6.45, 7) is 0.170. The van der Waals surface area contributed by atoms with Crippen LogP contribution in [-0.2, 0) is 9.53 Å². The number of ether oxygens (including phenoxy) is 1. The minimum Gasteiger partial charge on any atom is -0.465 e. The molecule has 2 N–H and O–H groups in total. The third-order valence-corrected chi connectivity index (χ3v) is 4.15. The predicted octanol–water partition coefficient (Wildman–Crippen LogP) is 2.06. The Hall–Kier alpha value is -2.67. The summed E-state index contributed by atoms with van der Waals surface area (Å²) in [4.78, 5) is 37.5. The number of hydrogen-bond acceptors (Lipinski definition) is 5. The van der Waals surface area contributed by atoms with E-state index in [1.165, 1.54) is 12.0 Å². The number of primary amides is 1. The normalized spacial score (nSPS) is 10.1. The number of carbonyl (C=O) groups excluding carboxylic acids is 3. The van der Waals surface area contributed by atoms with E-state index in [4.69, 9.17) is 5.73 Å². The molecule has 0 spiro atoms. The molecule has 1 aromatic carbocycles. The number of anilines is 1. The van der Waals surface area contributed by atoms with Crippen LogP contribution < -0.4 is 10.6 Å². The number of nitrogens with zero attached hydrogens (tertiary/aromatic N) is 1. The van der Waals surface area contributed by atoms with Crippen LogP contribution in [0.25, 0.3) is 0 Å². The Balaban J connectivity index is 2.27. The Kier molecular flexibility index (Phi) is 5.48. The van der Waals surface area contributed by atoms with Crippen molar-refractivity contribution in [2.45, 2.75) is 6.42 Å². The molecule has 7 heteroatoms. The average molecular weight is 332 g/mol. The van der Waals surface area contributed by atoms with Crippen LogP contribution >= 0.6 is 11.3 Å². The van der Waals surface area contributed by atoms with Gasteiger partial charge >= 0.3 is 5.97 Å². The van der Waals surface area contributed by atoms with E-state index >= 15 is 0 Å². The van der Waals surface area contributed by atoms with Gasteiger partial charge in [0.05, 0.1) is 12.0 Å². The molecule has 0 saturated heterocycles. The quantitative estimate of drug-likeness (QED) is 0.820. The summed E-state index contributed by atoms with van der Waals surface area (Å²) >= 11 is 1.05. The Morgan fingerprint density at radius 2 is 1.74 bits per heavy atom. The van der Waals surface area contributed by atoms with Gasteiger partial charge in [-0.15, -0.1) is 11.3 Å². The number of hydrogen-bond donors (Lipinski definition) is 1. The van der Waals surface area contributed by atoms with E-state index in [1.807, 2.05) is 6.07 Å². The second-order valence-corrected chi connectivity index (χ2v) is 5.75. The summed E-state index contributed by atoms with van der Waals surface area (Å²) in [6, 6.07) is 12.1. The van der Waals surface area contributed by atoms with Crippen molar-refractivity contribution in [3.63, 3.8) is 0 Å². The van der Waals surface area contributed by atoms with Gasteiger partial charge in [-0.05, 0) is 24.3 Å². The monoisotopic (exact) mass is 332 g/mol. The molecular formula is C16H16N2O4S. The minimum absolute atomic E-state index is 0.0515. The van der Waals surface area contributed by atoms with Crippen molar-refractivity contribution in [1.29, 1.82) is 0 Å². The summed E-state index contributed by atoms with van der Waals surface area (Å²) < 4.78 is 4.64. The molecule has 0 atom stereocenters. The molecule has 0 fully saturated rings. The van der Waals surface area contributed by atoms with Crippen LogP contribution in [0.2, 0.25) is 0 Å². The highest BCUT2D eigenvalue weighted by atomic mass is 32.1. The second-order valence-electron chi connectivity index (χ2n) is 4.66. The van der Waals surface area contributed by atoms with E-state index in [0.29, 0.717) is 15.4 Å². The fourth-order valence-corrected chi connectivity index (χ4v) is 2.85. The number of amides is 2. The lowest BCUT2D eigenvalue weighted by Gasteiger charge is -2.21. The molecule has 2 aromatic rings. The highest BCUT2D eigenvalue weighted by Gasteiger charge is 2.21. The van der Waals surface area contributed by atoms with Gasteiger partial charge in [-0.2, -0.15) is 0 Å². The Bertz CT molecular complexity index is 712. The number of nitrogens with two attached hydrogens (primary N) is 1. The molecule has 0 aliphatic rings. The van der Waals surface area contributed by atoms with E-state index in [-0.39, 0.29) is 18.9 Å². The van der Waals surface area contributed by atoms with Gasteiger partial charge in [0.2, 0.25) is 5.91 Å². The number of para-hydroxylation sites is 1. The van der Waals surface area contributed by atoms with Gasteiger partial charge in [0, 0.05) is 18.7 Å². The first kappa shape index (κ1) is 16.7. The topological polar surface area (TPSA) is 89.7 Å². The molecule has 0 bridgehead atoms. The molecule has 0 radical (unpaired) electrons. The lowest BCUT2D eigenvalue weighted by molar-refractivity contribution is -0.117. The molecule has 6 nitrogen and oxygen atoms in total. The SMILES string of the molecule is COC(=O)c1ccc(C(=O)N(CCC(N)=O)c2ccccc2)s1. The number of rotatable bonds is 6. The van der Waals surface area contributed by atoms with E-state index < -0.39 is 11.9 Å². The van der Waals surface area contributed by atoms with Gasteiger partial charge in [-0.1, -0.05) is 18.2 Å². The molecule has 0 aliphatic carbocycles. The first-order chi connectivity index (χ1) is 11.0. The summed E-state index contributed by atoms with van der Waals surface area (Å²) in [6.07, 6.45) is 0.0515. The maximum atomic E-state index is 12.7. The van der Waals surface area contributed by atoms with Crippen molar-refractivity contribution >= 4 is 34.8 Å². The zero-order valence-electron chi connectivity index (χ0n) is 12.5. The molecule has 1 aromatic heterocycles. The van der Waals surface area contributed by atoms with Crippen molar-refractivity contribution in [1.82, 2.24) is 0 Å². The molecule has 0 saturated carbocycles. The number of benzene rings is 1. The third kappa shape index (κ3) is 4.17. The van der Waals surface area contributed by atoms with Gasteiger partial charge in [-0.3, -0.25) is 9.59 Å². The van der Waals surface area contributed by atoms with Crippen molar-refractivity contribution in [2.24, 2.45) is 5.73 Å². The molecule has 23 heavy (non-hydrogen) atoms. The highest BCUT2D eigenvalue weighted by molar-refractivity contribution is 7.16. The molecule has 0 unspecified atom stereocenters. The zero-order valence-corrected chi connectivity index (χ0v) is 13.3. The third-order valence-electron chi connectivity index (χ3n) is 3.10. The van der Waals surface area contributed by atoms with Crippen LogP contribution in [-0.4, -0.2) is 31.4 Å². The van der Waals surface area contributed by atoms with Gasteiger partial charge in [0.1, 0.15) is 4.88 Å². The molecule has 2 rings (SSSR count). The van der Waals surface area contributed by atoms with Crippen LogP contribution in [0.5, 0.6) is 0 Å². The fourth-order valence-electron chi connectivity index (χ4n) is 1.97. The average Bonchev–Trinajstić information content (AvgIpc) is 3.05. The summed E-state index contributed by atoms with van der Waals surface area (Å²) in [7, 11) is 1.28. The largest absolute Gasteiger partial charge is 0.465 e. The van der Waals surface area contributed by atoms with E-state index in [2.05, 4.69) is 4.74 Å². The second kappa shape index (κ2) is 7.55. The van der Waals surface area contributed by atoms with Crippen molar-refractivity contribution < 1.29 is 19.1 Å². The molecule has 1 heterocycles. The lowest BCUT2D eigenvalue weighted by atomic mass is 10.2. The molecule has 0 aliphatic heterocycles. The highest BCUT2D eigenvalue weighted by Crippen LogP contribution is 2.23. The predicted molar refractivity (Wildman–Crippen MR) is 87.6 cm³/mol. The van der Waals surface area contributed by atoms with Crippen molar-refractivity contribution in [3.8, 4) is 0 Å². The van der Waals surface area contributed by atoms with E-state index in [0.717, 1.165) is 11.3 Å². The van der Waals surface area contributed by atoms with E-state index in [1.54, 1.807) is 36.4 Å². The van der Waals surface area contributed by atoms with Crippen LogP contribution in [0.3, 0.4) is 0 Å². The van der Waals surface area contributed by atoms with Crippen molar-refractivity contribution in [2.75, 3.05) is 18.6 Å². The number of esters is 1. The van der Waals surface area contributed by atoms with Crippen LogP contribution in [0.1, 0.15) is 25.8 Å². The van der Waals surface area contributed by atoms with Gasteiger partial charge in [0.15, 0.2) is 0 Å². The summed E-state index contributed by atoms with van der Waals surface area (Å²) in [5.74, 6) is -1.27. The van der Waals surface area contributed by atoms with Crippen molar-refractivity contribution in [3.05, 3.63) is 52.2 Å². The van der Waals surface area contributed by atoms with Gasteiger partial charge in [-0.25, -0.2) is 4.79 Å². The number of thiophene rings is 1. The standard InChI is InChI=1S/C16H16N2O4S/c1-22-16(21)13-8-7-12(23-13)15(20)18(10-9-14(17)19)11-5-3-2-4-6-11/h2-8H,9-10H2,1H3,(H2,17,19). The Labute approximate surface area is 137 Å². The van der Waals surface area contributed by atoms with Crippen LogP contribution in [0.4, 0.5) is 5.69 Å². The maximum absolute atomic E-state index is 12.7. The first-order valence-electron chi connectivity index (χ1n) is 6.86. The fraction of sp³-hybridized carbons (Fsp3) is 0.188. The summed E-state index contributed by atoms with van der Waals surface area (Å²) in [5.41, 5.74) is 5.84. The Morgan fingerprint density at radius 3 is 2.35 bits per heavy atom. The van der Waals surface area contributed by atoms with Gasteiger partial charge < -0.3 is 15.4 Å². The zero-order chi connectivity index (χ0) is 16.8. The Morgan fingerprint density at radius 1 is 1.09 bits per heavy atom.